The maximum atomic E-state index is 13.9. The third-order valence-corrected chi connectivity index (χ3v) is 10.3. The first-order valence-electron chi connectivity index (χ1n) is 17.6. The van der Waals surface area contributed by atoms with Crippen molar-refractivity contribution in [1.82, 2.24) is 9.80 Å². The first-order valence-corrected chi connectivity index (χ1v) is 18.3. The topological polar surface area (TPSA) is 81.2 Å². The molecule has 0 saturated carbocycles. The Morgan fingerprint density at radius 3 is 1.96 bits per heavy atom. The minimum Gasteiger partial charge on any atom is -0.475 e. The summed E-state index contributed by atoms with van der Waals surface area (Å²) in [7, 11) is 0. The van der Waals surface area contributed by atoms with Crippen LogP contribution in [-0.2, 0) is 27.0 Å². The van der Waals surface area contributed by atoms with Crippen molar-refractivity contribution in [3.8, 4) is 0 Å². The lowest BCUT2D eigenvalue weighted by Gasteiger charge is -2.35. The van der Waals surface area contributed by atoms with E-state index in [-0.39, 0.29) is 23.5 Å². The van der Waals surface area contributed by atoms with Crippen LogP contribution >= 0.6 is 23.2 Å². The molecule has 0 bridgehead atoms. The number of aliphatic carboxylic acids is 1. The number of nitrogens with zero attached hydrogens (tertiary/aromatic N) is 3. The largest absolute Gasteiger partial charge is 0.490 e. The van der Waals surface area contributed by atoms with E-state index < -0.39 is 23.9 Å². The van der Waals surface area contributed by atoms with E-state index in [0.29, 0.717) is 59.7 Å². The molecule has 2 fully saturated rings. The van der Waals surface area contributed by atoms with Gasteiger partial charge in [0.2, 0.25) is 11.8 Å². The van der Waals surface area contributed by atoms with Crippen molar-refractivity contribution in [1.29, 1.82) is 0 Å². The Kier molecular flexibility index (Phi) is 15.6. The van der Waals surface area contributed by atoms with E-state index in [2.05, 4.69) is 4.90 Å². The summed E-state index contributed by atoms with van der Waals surface area (Å²) in [4.78, 5) is 41.5. The van der Waals surface area contributed by atoms with Gasteiger partial charge in [-0.05, 0) is 124 Å². The number of anilines is 1. The maximum absolute atomic E-state index is 13.9. The number of carboxylic acids is 1. The monoisotopic (exact) mass is 817 g/mol. The van der Waals surface area contributed by atoms with Gasteiger partial charge in [-0.2, -0.15) is 26.3 Å². The number of halogens is 9. The molecular formula is C39H40Cl2F7N3O4. The van der Waals surface area contributed by atoms with Gasteiger partial charge < -0.3 is 19.8 Å². The summed E-state index contributed by atoms with van der Waals surface area (Å²) in [6.45, 7) is 4.12. The molecular weight excluding hydrogens is 778 g/mol. The second kappa shape index (κ2) is 19.6. The van der Waals surface area contributed by atoms with Crippen LogP contribution in [0.1, 0.15) is 48.8 Å². The molecule has 3 aromatic rings. The Balaban J connectivity index is 0.000000876. The zero-order valence-electron chi connectivity index (χ0n) is 29.6. The fourth-order valence-corrected chi connectivity index (χ4v) is 6.76. The highest BCUT2D eigenvalue weighted by atomic mass is 35.5. The molecule has 0 aromatic heterocycles. The molecule has 5 rings (SSSR count). The van der Waals surface area contributed by atoms with Gasteiger partial charge in [-0.15, -0.1) is 0 Å². The summed E-state index contributed by atoms with van der Waals surface area (Å²) in [5.41, 5.74) is 1.60. The van der Waals surface area contributed by atoms with Crippen LogP contribution in [0.15, 0.2) is 72.8 Å². The minimum atomic E-state index is -5.08. The number of alkyl halides is 6. The predicted octanol–water partition coefficient (Wildman–Crippen LogP) is 9.41. The quantitative estimate of drug-likeness (QED) is 0.163. The second-order valence-corrected chi connectivity index (χ2v) is 14.2. The Morgan fingerprint density at radius 2 is 1.42 bits per heavy atom. The van der Waals surface area contributed by atoms with E-state index in [1.807, 2.05) is 12.1 Å². The fraction of sp³-hybridized carbons (Fsp3) is 0.410. The fourth-order valence-electron chi connectivity index (χ4n) is 6.46. The molecule has 2 heterocycles. The molecule has 7 nitrogen and oxygen atoms in total. The van der Waals surface area contributed by atoms with Crippen LogP contribution in [0, 0.1) is 17.7 Å². The van der Waals surface area contributed by atoms with Gasteiger partial charge in [-0.25, -0.2) is 9.18 Å². The molecule has 2 saturated heterocycles. The molecule has 0 aliphatic carbocycles. The van der Waals surface area contributed by atoms with Gasteiger partial charge in [0, 0.05) is 37.3 Å². The van der Waals surface area contributed by atoms with Crippen LogP contribution in [0.3, 0.4) is 0 Å². The molecule has 55 heavy (non-hydrogen) atoms. The number of likely N-dealkylation sites (tertiary alicyclic amines) is 2. The number of benzene rings is 3. The SMILES string of the molecule is O=C(/C=C/c1ccc(C(F)(F)F)cc1)N1CCC(C(=O)N(CCCN2CCC(Cc3ccc(F)cc3)CC2)c2ccc(Cl)c(Cl)c2)CC1.O=C(O)C(F)(F)F. The Hall–Kier alpha value is -4.14. The molecule has 0 spiro atoms. The molecule has 0 radical (unpaired) electrons. The normalized spacial score (nSPS) is 16.1. The summed E-state index contributed by atoms with van der Waals surface area (Å²) in [6.07, 6.45) is -1.77. The van der Waals surface area contributed by atoms with Crippen LogP contribution in [0.25, 0.3) is 6.08 Å². The number of carbonyl (C=O) groups excluding carboxylic acids is 2. The lowest BCUT2D eigenvalue weighted by Crippen LogP contribution is -2.45. The standard InChI is InChI=1S/C37H39Cl2F4N3O2.C2HF3O2/c38-33-12-11-32(25-34(33)39)46(19-1-18-44-20-14-28(15-21-44)24-27-4-9-31(40)10-5-27)36(48)29-16-22-45(23-17-29)35(47)13-6-26-2-7-30(8-3-26)37(41,42)43;3-2(4,5)1(6)7/h2-13,25,28-29H,1,14-24H2;(H,6,7)/b13-6+;. The highest BCUT2D eigenvalue weighted by molar-refractivity contribution is 6.42. The third-order valence-electron chi connectivity index (χ3n) is 9.54. The number of carbonyl (C=O) groups is 3. The van der Waals surface area contributed by atoms with Crippen molar-refractivity contribution in [2.45, 2.75) is 50.9 Å². The maximum Gasteiger partial charge on any atom is 0.490 e. The van der Waals surface area contributed by atoms with E-state index >= 15 is 0 Å². The van der Waals surface area contributed by atoms with Gasteiger partial charge in [0.15, 0.2) is 0 Å². The van der Waals surface area contributed by atoms with Crippen molar-refractivity contribution < 1.29 is 50.2 Å². The van der Waals surface area contributed by atoms with E-state index in [9.17, 15) is 40.3 Å². The summed E-state index contributed by atoms with van der Waals surface area (Å²) in [5, 5.41) is 7.91. The number of piperidine rings is 2. The van der Waals surface area contributed by atoms with Crippen LogP contribution < -0.4 is 4.90 Å². The molecule has 0 unspecified atom stereocenters. The summed E-state index contributed by atoms with van der Waals surface area (Å²) in [6, 6.07) is 16.6. The van der Waals surface area contributed by atoms with Crippen molar-refractivity contribution in [2.24, 2.45) is 11.8 Å². The molecule has 298 valence electrons. The van der Waals surface area contributed by atoms with E-state index in [4.69, 9.17) is 33.1 Å². The van der Waals surface area contributed by atoms with Crippen LogP contribution in [0.5, 0.6) is 0 Å². The van der Waals surface area contributed by atoms with Crippen molar-refractivity contribution in [3.05, 3.63) is 105 Å². The molecule has 2 aliphatic heterocycles. The first-order chi connectivity index (χ1) is 25.9. The van der Waals surface area contributed by atoms with Crippen LogP contribution in [0.2, 0.25) is 10.0 Å². The number of hydrogen-bond acceptors (Lipinski definition) is 4. The third kappa shape index (κ3) is 13.5. The van der Waals surface area contributed by atoms with Gasteiger partial charge >= 0.3 is 18.3 Å². The highest BCUT2D eigenvalue weighted by Crippen LogP contribution is 2.31. The van der Waals surface area contributed by atoms with Gasteiger partial charge in [0.25, 0.3) is 0 Å². The Bertz CT molecular complexity index is 1770. The molecule has 1 N–H and O–H groups in total. The smallest absolute Gasteiger partial charge is 0.475 e. The molecule has 0 atom stereocenters. The summed E-state index contributed by atoms with van der Waals surface area (Å²) >= 11 is 12.5. The first kappa shape index (κ1) is 43.6. The van der Waals surface area contributed by atoms with Crippen LogP contribution in [0.4, 0.5) is 36.4 Å². The number of carboxylic acid groups (broad SMARTS) is 1. The number of rotatable bonds is 10. The average Bonchev–Trinajstić information content (AvgIpc) is 3.15. The van der Waals surface area contributed by atoms with E-state index in [1.54, 1.807) is 28.0 Å². The highest BCUT2D eigenvalue weighted by Gasteiger charge is 2.38. The molecule has 2 aliphatic rings. The zero-order valence-corrected chi connectivity index (χ0v) is 31.1. The second-order valence-electron chi connectivity index (χ2n) is 13.4. The van der Waals surface area contributed by atoms with Gasteiger partial charge in [-0.3, -0.25) is 9.59 Å². The lowest BCUT2D eigenvalue weighted by molar-refractivity contribution is -0.192. The van der Waals surface area contributed by atoms with Gasteiger partial charge in [-0.1, -0.05) is 47.5 Å². The Labute approximate surface area is 324 Å². The van der Waals surface area contributed by atoms with Crippen molar-refractivity contribution in [3.63, 3.8) is 0 Å². The molecule has 3 aromatic carbocycles. The van der Waals surface area contributed by atoms with E-state index in [1.165, 1.54) is 36.4 Å². The zero-order chi connectivity index (χ0) is 40.3. The minimum absolute atomic E-state index is 0.0150. The van der Waals surface area contributed by atoms with E-state index in [0.717, 1.165) is 63.0 Å². The number of hydrogen-bond donors (Lipinski definition) is 1. The van der Waals surface area contributed by atoms with Gasteiger partial charge in [0.1, 0.15) is 5.82 Å². The molecule has 16 heteroatoms. The van der Waals surface area contributed by atoms with Crippen molar-refractivity contribution >= 4 is 52.7 Å². The summed E-state index contributed by atoms with van der Waals surface area (Å²) in [5.74, 6) is -2.94. The average molecular weight is 819 g/mol. The summed E-state index contributed by atoms with van der Waals surface area (Å²) < 4.78 is 83.5. The predicted molar refractivity (Wildman–Crippen MR) is 196 cm³/mol. The van der Waals surface area contributed by atoms with Crippen molar-refractivity contribution in [2.75, 3.05) is 44.2 Å². The van der Waals surface area contributed by atoms with Crippen LogP contribution in [-0.4, -0.2) is 78.1 Å². The van der Waals surface area contributed by atoms with Gasteiger partial charge in [0.05, 0.1) is 15.6 Å². The molecule has 2 amide bonds. The number of amides is 2. The Morgan fingerprint density at radius 1 is 0.818 bits per heavy atom. The lowest BCUT2D eigenvalue weighted by atomic mass is 9.90.